The van der Waals surface area contributed by atoms with Crippen LogP contribution in [0.25, 0.3) is 0 Å². The van der Waals surface area contributed by atoms with Gasteiger partial charge in [0.25, 0.3) is 0 Å². The Hall–Kier alpha value is -1.60. The van der Waals surface area contributed by atoms with Crippen LogP contribution in [-0.4, -0.2) is 23.3 Å². The van der Waals surface area contributed by atoms with Gasteiger partial charge in [0.2, 0.25) is 0 Å². The van der Waals surface area contributed by atoms with Crippen molar-refractivity contribution >= 4 is 38.9 Å². The summed E-state index contributed by atoms with van der Waals surface area (Å²) in [6.07, 6.45) is 0. The van der Waals surface area contributed by atoms with Crippen molar-refractivity contribution in [2.45, 2.75) is 11.4 Å². The Kier molecular flexibility index (Phi) is 5.17. The van der Waals surface area contributed by atoms with E-state index in [1.54, 1.807) is 0 Å². The Labute approximate surface area is 144 Å². The van der Waals surface area contributed by atoms with Crippen molar-refractivity contribution in [1.82, 2.24) is 0 Å². The number of benzene rings is 3. The van der Waals surface area contributed by atoms with Crippen molar-refractivity contribution in [3.05, 3.63) is 91.0 Å². The van der Waals surface area contributed by atoms with Crippen LogP contribution in [0.5, 0.6) is 0 Å². The predicted octanol–water partition coefficient (Wildman–Crippen LogP) is 2.92. The molecule has 3 aromatic rings. The van der Waals surface area contributed by atoms with E-state index in [1.807, 2.05) is 0 Å². The van der Waals surface area contributed by atoms with E-state index in [1.165, 1.54) is 15.6 Å². The Morgan fingerprint density at radius 1 is 0.565 bits per heavy atom. The fraction of sp³-hybridized carbons (Fsp3) is 0.100. The molecule has 3 rings (SSSR count). The van der Waals surface area contributed by atoms with E-state index in [0.717, 1.165) is 0 Å². The first-order valence-corrected chi connectivity index (χ1v) is 14.2. The third kappa shape index (κ3) is 3.35. The second-order valence-electron chi connectivity index (χ2n) is 5.68. The van der Waals surface area contributed by atoms with Crippen LogP contribution in [0.2, 0.25) is 11.4 Å². The van der Waals surface area contributed by atoms with Gasteiger partial charge >= 0.3 is 145 Å². The molecular formula is C20H21AsOSi. The van der Waals surface area contributed by atoms with Crippen molar-refractivity contribution in [3.8, 4) is 0 Å². The van der Waals surface area contributed by atoms with E-state index in [9.17, 15) is 0 Å². The van der Waals surface area contributed by atoms with Crippen molar-refractivity contribution in [3.63, 3.8) is 0 Å². The van der Waals surface area contributed by atoms with Crippen LogP contribution in [-0.2, 0) is 3.42 Å². The zero-order valence-corrected chi connectivity index (χ0v) is 16.4. The van der Waals surface area contributed by atoms with Gasteiger partial charge in [-0.2, -0.15) is 0 Å². The molecule has 0 aliphatic heterocycles. The molecule has 0 heterocycles. The van der Waals surface area contributed by atoms with Gasteiger partial charge in [-0.25, -0.2) is 0 Å². The van der Waals surface area contributed by atoms with Crippen molar-refractivity contribution in [2.24, 2.45) is 0 Å². The Morgan fingerprint density at radius 2 is 0.870 bits per heavy atom. The summed E-state index contributed by atoms with van der Waals surface area (Å²) in [4.78, 5) is 0. The van der Waals surface area contributed by atoms with E-state index in [0.29, 0.717) is 0 Å². The second-order valence-corrected chi connectivity index (χ2v) is 13.5. The van der Waals surface area contributed by atoms with Crippen molar-refractivity contribution in [1.29, 1.82) is 0 Å². The summed E-state index contributed by atoms with van der Waals surface area (Å²) in [5.41, 5.74) is 4.53. The molecule has 3 aromatic carbocycles. The quantitative estimate of drug-likeness (QED) is 0.489. The second kappa shape index (κ2) is 7.31. The molecule has 3 heteroatoms. The van der Waals surface area contributed by atoms with Gasteiger partial charge in [0.1, 0.15) is 0 Å². The molecule has 1 nitrogen and oxygen atoms in total. The van der Waals surface area contributed by atoms with Crippen LogP contribution >= 0.6 is 0 Å². The third-order valence-electron chi connectivity index (χ3n) is 3.86. The standard InChI is InChI=1S/C20H21AsOSi/c1-21(2)22-23(18-12-6-3-7-13-18,19-14-8-4-9-15-19)20-16-10-5-11-17-20/h3-17H,1-2H3. The minimum atomic E-state index is -2.42. The first-order valence-electron chi connectivity index (χ1n) is 7.76. The van der Waals surface area contributed by atoms with E-state index >= 15 is 0 Å². The molecule has 0 radical (unpaired) electrons. The summed E-state index contributed by atoms with van der Waals surface area (Å²) < 4.78 is 6.88. The van der Waals surface area contributed by atoms with Gasteiger partial charge < -0.3 is 0 Å². The average molecular weight is 380 g/mol. The molecule has 0 N–H and O–H groups in total. The average Bonchev–Trinajstić information content (AvgIpc) is 2.62. The molecule has 0 aliphatic carbocycles. The van der Waals surface area contributed by atoms with E-state index in [-0.39, 0.29) is 0 Å². The molecule has 0 bridgehead atoms. The maximum atomic E-state index is 6.88. The molecule has 0 atom stereocenters. The van der Waals surface area contributed by atoms with E-state index in [2.05, 4.69) is 102 Å². The summed E-state index contributed by atoms with van der Waals surface area (Å²) in [5, 5.41) is 3.96. The van der Waals surface area contributed by atoms with Crippen molar-refractivity contribution in [2.75, 3.05) is 0 Å². The fourth-order valence-corrected chi connectivity index (χ4v) is 12.2. The molecule has 0 amide bonds. The molecule has 0 aromatic heterocycles. The van der Waals surface area contributed by atoms with Crippen LogP contribution in [0, 0.1) is 0 Å². The Balaban J connectivity index is 2.30. The van der Waals surface area contributed by atoms with Crippen LogP contribution in [0.3, 0.4) is 0 Å². The zero-order valence-electron chi connectivity index (χ0n) is 13.5. The summed E-state index contributed by atoms with van der Waals surface area (Å²) in [6, 6.07) is 32.3. The molecule has 0 unspecified atom stereocenters. The first-order chi connectivity index (χ1) is 11.2. The SMILES string of the molecule is C[As](C)O[Si](c1ccccc1)(c1ccccc1)c1ccccc1. The number of hydrogen-bond acceptors (Lipinski definition) is 1. The van der Waals surface area contributed by atoms with Crippen molar-refractivity contribution < 1.29 is 3.42 Å². The fourth-order valence-electron chi connectivity index (χ4n) is 2.95. The number of rotatable bonds is 5. The first kappa shape index (κ1) is 16.3. The molecule has 23 heavy (non-hydrogen) atoms. The summed E-state index contributed by atoms with van der Waals surface area (Å²) in [6.45, 7) is 0. The molecule has 116 valence electrons. The van der Waals surface area contributed by atoms with Crippen LogP contribution < -0.4 is 15.6 Å². The van der Waals surface area contributed by atoms with Gasteiger partial charge in [-0.1, -0.05) is 0 Å². The predicted molar refractivity (Wildman–Crippen MR) is 103 cm³/mol. The van der Waals surface area contributed by atoms with Gasteiger partial charge in [-0.15, -0.1) is 0 Å². The van der Waals surface area contributed by atoms with Crippen LogP contribution in [0.1, 0.15) is 0 Å². The van der Waals surface area contributed by atoms with Crippen LogP contribution in [0.15, 0.2) is 91.0 Å². The molecule has 0 saturated carbocycles. The van der Waals surface area contributed by atoms with E-state index < -0.39 is 23.3 Å². The normalized spacial score (nSPS) is 11.6. The third-order valence-corrected chi connectivity index (χ3v) is 12.0. The van der Waals surface area contributed by atoms with Gasteiger partial charge in [0.15, 0.2) is 0 Å². The Morgan fingerprint density at radius 3 is 1.13 bits per heavy atom. The van der Waals surface area contributed by atoms with E-state index in [4.69, 9.17) is 3.42 Å². The molecule has 0 spiro atoms. The monoisotopic (exact) mass is 380 g/mol. The van der Waals surface area contributed by atoms with Gasteiger partial charge in [-0.05, 0) is 0 Å². The summed E-state index contributed by atoms with van der Waals surface area (Å²) >= 11 is -1.31. The van der Waals surface area contributed by atoms with Gasteiger partial charge in [0, 0.05) is 0 Å². The number of hydrogen-bond donors (Lipinski definition) is 0. The minimum absolute atomic E-state index is 1.31. The Bertz CT molecular complexity index is 633. The molecule has 0 fully saturated rings. The molecule has 0 aliphatic rings. The van der Waals surface area contributed by atoms with Gasteiger partial charge in [0.05, 0.1) is 0 Å². The molecule has 0 saturated heterocycles. The van der Waals surface area contributed by atoms with Crippen LogP contribution in [0.4, 0.5) is 0 Å². The zero-order chi connectivity index (χ0) is 16.1. The topological polar surface area (TPSA) is 9.23 Å². The maximum absolute atomic E-state index is 6.88. The summed E-state index contributed by atoms with van der Waals surface area (Å²) in [5.74, 6) is 0. The molecular weight excluding hydrogens is 359 g/mol. The van der Waals surface area contributed by atoms with Gasteiger partial charge in [-0.3, -0.25) is 0 Å². The summed E-state index contributed by atoms with van der Waals surface area (Å²) in [7, 11) is -2.42.